The summed E-state index contributed by atoms with van der Waals surface area (Å²) in [4.78, 5) is 21.9. The topological polar surface area (TPSA) is 92.9 Å². The normalized spacial score (nSPS) is 10.2. The summed E-state index contributed by atoms with van der Waals surface area (Å²) in [7, 11) is 1.44. The first kappa shape index (κ1) is 14.8. The molecule has 0 saturated heterocycles. The van der Waals surface area contributed by atoms with Crippen LogP contribution in [-0.4, -0.2) is 42.8 Å². The zero-order valence-electron chi connectivity index (χ0n) is 10.2. The summed E-state index contributed by atoms with van der Waals surface area (Å²) >= 11 is 0. The number of carboxylic acids is 1. The Labute approximate surface area is 108 Å². The number of hydrogen-bond donors (Lipinski definition) is 1. The second-order valence-electron chi connectivity index (χ2n) is 3.73. The molecule has 0 heterocycles. The van der Waals surface area contributed by atoms with E-state index in [1.807, 2.05) is 0 Å². The van der Waals surface area contributed by atoms with Crippen LogP contribution in [0.1, 0.15) is 0 Å². The first-order chi connectivity index (χ1) is 8.93. The molecule has 1 aromatic carbocycles. The van der Waals surface area contributed by atoms with Crippen molar-refractivity contribution < 1.29 is 24.0 Å². The van der Waals surface area contributed by atoms with E-state index < -0.39 is 28.9 Å². The van der Waals surface area contributed by atoms with Crippen molar-refractivity contribution in [2.45, 2.75) is 0 Å². The van der Waals surface area contributed by atoms with Crippen molar-refractivity contribution in [2.24, 2.45) is 0 Å². The molecule has 0 aliphatic rings. The molecule has 0 atom stereocenters. The Morgan fingerprint density at radius 2 is 2.21 bits per heavy atom. The lowest BCUT2D eigenvalue weighted by molar-refractivity contribution is -0.385. The minimum Gasteiger partial charge on any atom is -0.480 e. The number of benzene rings is 1. The molecule has 0 aliphatic carbocycles. The third-order valence-electron chi connectivity index (χ3n) is 2.33. The number of carbonyl (C=O) groups is 1. The second-order valence-corrected chi connectivity index (χ2v) is 3.73. The Bertz CT molecular complexity index is 480. The van der Waals surface area contributed by atoms with Crippen LogP contribution in [0.15, 0.2) is 18.2 Å². The van der Waals surface area contributed by atoms with Crippen LogP contribution >= 0.6 is 0 Å². The van der Waals surface area contributed by atoms with E-state index in [4.69, 9.17) is 9.84 Å². The molecule has 1 N–H and O–H groups in total. The lowest BCUT2D eigenvalue weighted by Crippen LogP contribution is -2.32. The molecule has 1 aromatic rings. The van der Waals surface area contributed by atoms with Gasteiger partial charge in [-0.05, 0) is 6.07 Å². The van der Waals surface area contributed by atoms with E-state index >= 15 is 0 Å². The Balaban J connectivity index is 3.05. The maximum absolute atomic E-state index is 13.3. The van der Waals surface area contributed by atoms with Gasteiger partial charge in [-0.15, -0.1) is 0 Å². The van der Waals surface area contributed by atoms with Crippen molar-refractivity contribution in [2.75, 3.05) is 31.7 Å². The van der Waals surface area contributed by atoms with E-state index in [0.29, 0.717) is 0 Å². The smallest absolute Gasteiger partial charge is 0.323 e. The van der Waals surface area contributed by atoms with Crippen LogP contribution in [0.5, 0.6) is 0 Å². The molecule has 0 aliphatic heterocycles. The summed E-state index contributed by atoms with van der Waals surface area (Å²) in [5.74, 6) is -1.92. The van der Waals surface area contributed by atoms with Gasteiger partial charge in [-0.1, -0.05) is 0 Å². The van der Waals surface area contributed by atoms with Gasteiger partial charge in [0.05, 0.1) is 17.6 Å². The van der Waals surface area contributed by atoms with E-state index in [0.717, 1.165) is 18.2 Å². The van der Waals surface area contributed by atoms with Crippen molar-refractivity contribution in [3.63, 3.8) is 0 Å². The number of hydrogen-bond acceptors (Lipinski definition) is 5. The van der Waals surface area contributed by atoms with Gasteiger partial charge in [0.15, 0.2) is 0 Å². The lowest BCUT2D eigenvalue weighted by atomic mass is 10.2. The maximum Gasteiger partial charge on any atom is 0.323 e. The van der Waals surface area contributed by atoms with Crippen molar-refractivity contribution in [3.8, 4) is 0 Å². The predicted molar refractivity (Wildman–Crippen MR) is 64.8 cm³/mol. The quantitative estimate of drug-likeness (QED) is 0.593. The van der Waals surface area contributed by atoms with E-state index in [-0.39, 0.29) is 18.8 Å². The average molecular weight is 272 g/mol. The molecule has 0 bridgehead atoms. The van der Waals surface area contributed by atoms with Gasteiger partial charge in [-0.25, -0.2) is 4.39 Å². The van der Waals surface area contributed by atoms with Crippen molar-refractivity contribution in [1.29, 1.82) is 0 Å². The summed E-state index contributed by atoms with van der Waals surface area (Å²) in [6.45, 7) is 0.00493. The van der Waals surface area contributed by atoms with E-state index in [9.17, 15) is 19.3 Å². The van der Waals surface area contributed by atoms with E-state index in [1.165, 1.54) is 12.0 Å². The second kappa shape index (κ2) is 6.64. The molecular formula is C11H13FN2O5. The van der Waals surface area contributed by atoms with Crippen LogP contribution < -0.4 is 4.90 Å². The number of nitrogens with zero attached hydrogens (tertiary/aromatic N) is 2. The standard InChI is InChI=1S/C11H13FN2O5/c1-19-3-2-13(7-11(15)16)9-4-8(12)5-10(6-9)14(17)18/h4-6H,2-3,7H2,1H3,(H,15,16). The van der Waals surface area contributed by atoms with Gasteiger partial charge in [-0.3, -0.25) is 14.9 Å². The van der Waals surface area contributed by atoms with Gasteiger partial charge in [0.25, 0.3) is 5.69 Å². The largest absolute Gasteiger partial charge is 0.480 e. The average Bonchev–Trinajstić information content (AvgIpc) is 2.33. The molecule has 8 heteroatoms. The number of nitro benzene ring substituents is 1. The Morgan fingerprint density at radius 3 is 2.74 bits per heavy atom. The zero-order valence-corrected chi connectivity index (χ0v) is 10.2. The molecule has 0 amide bonds. The number of nitro groups is 1. The molecular weight excluding hydrogens is 259 g/mol. The predicted octanol–water partition coefficient (Wildman–Crippen LogP) is 1.27. The van der Waals surface area contributed by atoms with Gasteiger partial charge < -0.3 is 14.7 Å². The third kappa shape index (κ3) is 4.51. The van der Waals surface area contributed by atoms with Crippen LogP contribution in [0.25, 0.3) is 0 Å². The van der Waals surface area contributed by atoms with Crippen molar-refractivity contribution in [1.82, 2.24) is 0 Å². The minimum absolute atomic E-state index is 0.131. The summed E-state index contributed by atoms with van der Waals surface area (Å²) < 4.78 is 18.1. The van der Waals surface area contributed by atoms with Crippen molar-refractivity contribution >= 4 is 17.3 Å². The first-order valence-corrected chi connectivity index (χ1v) is 5.34. The lowest BCUT2D eigenvalue weighted by Gasteiger charge is -2.22. The van der Waals surface area contributed by atoms with Crippen LogP contribution in [0.4, 0.5) is 15.8 Å². The fraction of sp³-hybridized carbons (Fsp3) is 0.364. The van der Waals surface area contributed by atoms with Crippen LogP contribution in [0.3, 0.4) is 0 Å². The number of ether oxygens (including phenoxy) is 1. The number of rotatable bonds is 7. The molecule has 7 nitrogen and oxygen atoms in total. The highest BCUT2D eigenvalue weighted by Crippen LogP contribution is 2.23. The van der Waals surface area contributed by atoms with E-state index in [1.54, 1.807) is 0 Å². The molecule has 0 fully saturated rings. The fourth-order valence-electron chi connectivity index (χ4n) is 1.51. The zero-order chi connectivity index (χ0) is 14.4. The first-order valence-electron chi connectivity index (χ1n) is 5.34. The van der Waals surface area contributed by atoms with Crippen molar-refractivity contribution in [3.05, 3.63) is 34.1 Å². The number of anilines is 1. The van der Waals surface area contributed by atoms with Gasteiger partial charge in [0, 0.05) is 25.4 Å². The van der Waals surface area contributed by atoms with Gasteiger partial charge >= 0.3 is 5.97 Å². The molecule has 0 saturated carbocycles. The molecule has 104 valence electrons. The van der Waals surface area contributed by atoms with Gasteiger partial charge in [0.2, 0.25) is 0 Å². The SMILES string of the molecule is COCCN(CC(=O)O)c1cc(F)cc([N+](=O)[O-])c1. The monoisotopic (exact) mass is 272 g/mol. The van der Waals surface area contributed by atoms with Gasteiger partial charge in [0.1, 0.15) is 12.4 Å². The molecule has 19 heavy (non-hydrogen) atoms. The number of carboxylic acid groups (broad SMARTS) is 1. The summed E-state index contributed by atoms with van der Waals surface area (Å²) in [5.41, 5.74) is -0.297. The minimum atomic E-state index is -1.12. The number of methoxy groups -OCH3 is 1. The van der Waals surface area contributed by atoms with Crippen LogP contribution in [-0.2, 0) is 9.53 Å². The van der Waals surface area contributed by atoms with Crippen LogP contribution in [0.2, 0.25) is 0 Å². The fourth-order valence-corrected chi connectivity index (χ4v) is 1.51. The Hall–Kier alpha value is -2.22. The summed E-state index contributed by atoms with van der Waals surface area (Å²) in [5, 5.41) is 19.4. The highest BCUT2D eigenvalue weighted by Gasteiger charge is 2.16. The summed E-state index contributed by atoms with van der Waals surface area (Å²) in [6, 6.07) is 2.95. The van der Waals surface area contributed by atoms with E-state index in [2.05, 4.69) is 0 Å². The molecule has 0 radical (unpaired) electrons. The number of non-ortho nitro benzene ring substituents is 1. The molecule has 1 rings (SSSR count). The third-order valence-corrected chi connectivity index (χ3v) is 2.33. The van der Waals surface area contributed by atoms with Gasteiger partial charge in [-0.2, -0.15) is 0 Å². The maximum atomic E-state index is 13.3. The Kier molecular flexibility index (Phi) is 5.19. The molecule has 0 unspecified atom stereocenters. The Morgan fingerprint density at radius 1 is 1.53 bits per heavy atom. The number of aliphatic carboxylic acids is 1. The number of halogens is 1. The summed E-state index contributed by atoms with van der Waals surface area (Å²) in [6.07, 6.45) is 0. The van der Waals surface area contributed by atoms with Crippen LogP contribution in [0, 0.1) is 15.9 Å². The molecule has 0 spiro atoms. The highest BCUT2D eigenvalue weighted by molar-refractivity contribution is 5.74. The molecule has 0 aromatic heterocycles. The highest BCUT2D eigenvalue weighted by atomic mass is 19.1.